The topological polar surface area (TPSA) is 109 Å². The van der Waals surface area contributed by atoms with E-state index in [0.717, 1.165) is 0 Å². The van der Waals surface area contributed by atoms with Crippen molar-refractivity contribution in [3.05, 3.63) is 28.8 Å². The molecule has 0 aliphatic heterocycles. The summed E-state index contributed by atoms with van der Waals surface area (Å²) in [5.41, 5.74) is 0.0196. The number of hydrogen-bond donors (Lipinski definition) is 1. The Bertz CT molecular complexity index is 922. The minimum Gasteiger partial charge on any atom is -0.493 e. The smallest absolute Gasteiger partial charge is 0.328 e. The molecule has 0 unspecified atom stereocenters. The maximum Gasteiger partial charge on any atom is 0.328 e. The van der Waals surface area contributed by atoms with Gasteiger partial charge in [-0.3, -0.25) is 14.2 Å². The van der Waals surface area contributed by atoms with Gasteiger partial charge in [0, 0.05) is 6.07 Å². The molecule has 0 radical (unpaired) electrons. The first-order valence-corrected chi connectivity index (χ1v) is 8.79. The van der Waals surface area contributed by atoms with Gasteiger partial charge in [0.2, 0.25) is 5.91 Å². The molecule has 0 fully saturated rings. The standard InChI is InChI=1S/C19H25N3O6/c1-11(2)6-14(19(25)28-5)21-17(23)9-22-10-20-13-8-16(27-4)15(26-3)7-12(13)18(22)24/h7-8,10-11,14H,6,9H2,1-5H3,(H,21,23)/t14-/m0/s1. The molecule has 9 heteroatoms. The number of ether oxygens (including phenoxy) is 3. The normalized spacial score (nSPS) is 11.9. The van der Waals surface area contributed by atoms with E-state index in [1.807, 2.05) is 13.8 Å². The molecular formula is C19H25N3O6. The number of amides is 1. The van der Waals surface area contributed by atoms with Gasteiger partial charge in [0.05, 0.1) is 38.6 Å². The molecule has 0 aliphatic rings. The van der Waals surface area contributed by atoms with Gasteiger partial charge in [-0.1, -0.05) is 13.8 Å². The number of methoxy groups -OCH3 is 3. The molecule has 0 bridgehead atoms. The summed E-state index contributed by atoms with van der Waals surface area (Å²) in [4.78, 5) is 41.2. The Morgan fingerprint density at radius 2 is 1.79 bits per heavy atom. The van der Waals surface area contributed by atoms with Crippen molar-refractivity contribution in [2.75, 3.05) is 21.3 Å². The maximum absolute atomic E-state index is 12.7. The van der Waals surface area contributed by atoms with Crippen molar-refractivity contribution in [2.45, 2.75) is 32.9 Å². The lowest BCUT2D eigenvalue weighted by atomic mass is 10.0. The molecule has 28 heavy (non-hydrogen) atoms. The molecule has 1 heterocycles. The second kappa shape index (κ2) is 9.20. The monoisotopic (exact) mass is 391 g/mol. The van der Waals surface area contributed by atoms with Crippen molar-refractivity contribution in [1.82, 2.24) is 14.9 Å². The predicted octanol–water partition coefficient (Wildman–Crippen LogP) is 1.12. The Morgan fingerprint density at radius 3 is 2.36 bits per heavy atom. The third-order valence-corrected chi connectivity index (χ3v) is 4.17. The molecule has 1 amide bonds. The summed E-state index contributed by atoms with van der Waals surface area (Å²) in [5.74, 6) is 0.00494. The molecule has 9 nitrogen and oxygen atoms in total. The van der Waals surface area contributed by atoms with Gasteiger partial charge in [0.1, 0.15) is 12.6 Å². The van der Waals surface area contributed by atoms with Crippen molar-refractivity contribution < 1.29 is 23.8 Å². The molecule has 2 aromatic rings. The van der Waals surface area contributed by atoms with Crippen LogP contribution in [0.5, 0.6) is 11.5 Å². The van der Waals surface area contributed by atoms with Crippen LogP contribution >= 0.6 is 0 Å². The van der Waals surface area contributed by atoms with E-state index in [4.69, 9.17) is 14.2 Å². The van der Waals surface area contributed by atoms with Crippen molar-refractivity contribution in [1.29, 1.82) is 0 Å². The van der Waals surface area contributed by atoms with Crippen LogP contribution in [0.3, 0.4) is 0 Å². The summed E-state index contributed by atoms with van der Waals surface area (Å²) in [6.45, 7) is 3.59. The predicted molar refractivity (Wildman–Crippen MR) is 103 cm³/mol. The van der Waals surface area contributed by atoms with E-state index in [1.165, 1.54) is 38.3 Å². The minimum absolute atomic E-state index is 0.178. The zero-order valence-electron chi connectivity index (χ0n) is 16.6. The molecule has 1 aromatic carbocycles. The van der Waals surface area contributed by atoms with Gasteiger partial charge in [-0.05, 0) is 18.4 Å². The fraction of sp³-hybridized carbons (Fsp3) is 0.474. The summed E-state index contributed by atoms with van der Waals surface area (Å²) in [6.07, 6.45) is 1.71. The number of fused-ring (bicyclic) bond motifs is 1. The summed E-state index contributed by atoms with van der Waals surface area (Å²) < 4.78 is 16.3. The van der Waals surface area contributed by atoms with Crippen LogP contribution in [0.15, 0.2) is 23.3 Å². The summed E-state index contributed by atoms with van der Waals surface area (Å²) >= 11 is 0. The first-order chi connectivity index (χ1) is 13.3. The van der Waals surface area contributed by atoms with Crippen LogP contribution < -0.4 is 20.3 Å². The Balaban J connectivity index is 2.27. The molecule has 152 valence electrons. The molecule has 1 aromatic heterocycles. The van der Waals surface area contributed by atoms with Crippen molar-refractivity contribution in [3.8, 4) is 11.5 Å². The molecule has 1 N–H and O–H groups in total. The van der Waals surface area contributed by atoms with Crippen molar-refractivity contribution in [3.63, 3.8) is 0 Å². The quantitative estimate of drug-likeness (QED) is 0.672. The Hall–Kier alpha value is -3.10. The van der Waals surface area contributed by atoms with Gasteiger partial charge in [0.15, 0.2) is 11.5 Å². The lowest BCUT2D eigenvalue weighted by Gasteiger charge is -2.18. The molecule has 0 spiro atoms. The Labute approximate surface area is 162 Å². The summed E-state index contributed by atoms with van der Waals surface area (Å²) in [7, 11) is 4.22. The fourth-order valence-electron chi connectivity index (χ4n) is 2.82. The fourth-order valence-corrected chi connectivity index (χ4v) is 2.82. The largest absolute Gasteiger partial charge is 0.493 e. The highest BCUT2D eigenvalue weighted by atomic mass is 16.5. The third kappa shape index (κ3) is 4.79. The number of nitrogens with one attached hydrogen (secondary N) is 1. The van der Waals surface area contributed by atoms with Crippen LogP contribution in [0.4, 0.5) is 0 Å². The van der Waals surface area contributed by atoms with E-state index in [-0.39, 0.29) is 12.5 Å². The molecule has 1 atom stereocenters. The van der Waals surface area contributed by atoms with Crippen LogP contribution in [0.2, 0.25) is 0 Å². The molecule has 0 aliphatic carbocycles. The highest BCUT2D eigenvalue weighted by Crippen LogP contribution is 2.29. The molecule has 0 saturated carbocycles. The SMILES string of the molecule is COC(=O)[C@H](CC(C)C)NC(=O)Cn1cnc2cc(OC)c(OC)cc2c1=O. The lowest BCUT2D eigenvalue weighted by Crippen LogP contribution is -2.44. The average Bonchev–Trinajstić information content (AvgIpc) is 2.67. The van der Waals surface area contributed by atoms with Gasteiger partial charge in [0.25, 0.3) is 5.56 Å². The zero-order valence-corrected chi connectivity index (χ0v) is 16.6. The van der Waals surface area contributed by atoms with E-state index < -0.39 is 23.5 Å². The van der Waals surface area contributed by atoms with Gasteiger partial charge in [-0.2, -0.15) is 0 Å². The second-order valence-electron chi connectivity index (χ2n) is 6.67. The number of carbonyl (C=O) groups is 2. The van der Waals surface area contributed by atoms with E-state index in [9.17, 15) is 14.4 Å². The van der Waals surface area contributed by atoms with Gasteiger partial charge >= 0.3 is 5.97 Å². The highest BCUT2D eigenvalue weighted by molar-refractivity contribution is 5.85. The number of esters is 1. The number of hydrogen-bond acceptors (Lipinski definition) is 7. The van der Waals surface area contributed by atoms with Crippen LogP contribution in [0.1, 0.15) is 20.3 Å². The molecule has 0 saturated heterocycles. The van der Waals surface area contributed by atoms with Gasteiger partial charge in [-0.25, -0.2) is 9.78 Å². The number of aromatic nitrogens is 2. The Morgan fingerprint density at radius 1 is 1.14 bits per heavy atom. The van der Waals surface area contributed by atoms with E-state index in [2.05, 4.69) is 10.3 Å². The number of benzene rings is 1. The van der Waals surface area contributed by atoms with Crippen LogP contribution in [-0.2, 0) is 20.9 Å². The van der Waals surface area contributed by atoms with Crippen molar-refractivity contribution >= 4 is 22.8 Å². The van der Waals surface area contributed by atoms with Gasteiger partial charge in [-0.15, -0.1) is 0 Å². The average molecular weight is 391 g/mol. The minimum atomic E-state index is -0.772. The van der Waals surface area contributed by atoms with Crippen molar-refractivity contribution in [2.24, 2.45) is 5.92 Å². The van der Waals surface area contributed by atoms with Crippen LogP contribution in [0.25, 0.3) is 10.9 Å². The molecular weight excluding hydrogens is 366 g/mol. The lowest BCUT2D eigenvalue weighted by molar-refractivity contribution is -0.145. The number of rotatable bonds is 8. The third-order valence-electron chi connectivity index (χ3n) is 4.17. The maximum atomic E-state index is 12.7. The number of nitrogens with zero attached hydrogens (tertiary/aromatic N) is 2. The van der Waals surface area contributed by atoms with E-state index in [0.29, 0.717) is 28.8 Å². The summed E-state index contributed by atoms with van der Waals surface area (Å²) in [6, 6.07) is 2.34. The van der Waals surface area contributed by atoms with E-state index in [1.54, 1.807) is 6.07 Å². The van der Waals surface area contributed by atoms with Crippen LogP contribution in [-0.4, -0.2) is 48.8 Å². The van der Waals surface area contributed by atoms with Gasteiger partial charge < -0.3 is 19.5 Å². The zero-order chi connectivity index (χ0) is 20.8. The highest BCUT2D eigenvalue weighted by Gasteiger charge is 2.23. The van der Waals surface area contributed by atoms with Crippen LogP contribution in [0, 0.1) is 5.92 Å². The number of carbonyl (C=O) groups excluding carboxylic acids is 2. The van der Waals surface area contributed by atoms with E-state index >= 15 is 0 Å². The summed E-state index contributed by atoms with van der Waals surface area (Å²) in [5, 5.41) is 2.91. The second-order valence-corrected chi connectivity index (χ2v) is 6.67. The first kappa shape index (κ1) is 21.2. The Kier molecular flexibility index (Phi) is 6.97. The molecule has 2 rings (SSSR count). The first-order valence-electron chi connectivity index (χ1n) is 8.79.